The molecule has 6 nitrogen and oxygen atoms in total. The Kier molecular flexibility index (Phi) is 7.53. The Labute approximate surface area is 171 Å². The summed E-state index contributed by atoms with van der Waals surface area (Å²) in [6.07, 6.45) is 0.498. The predicted octanol–water partition coefficient (Wildman–Crippen LogP) is 3.97. The molecule has 0 saturated carbocycles. The van der Waals surface area contributed by atoms with Gasteiger partial charge in [-0.25, -0.2) is 0 Å². The molecule has 0 spiro atoms. The smallest absolute Gasteiger partial charge is 0.310 e. The van der Waals surface area contributed by atoms with Crippen molar-refractivity contribution in [2.75, 3.05) is 5.32 Å². The molecule has 3 N–H and O–H groups in total. The number of carboxylic acids is 1. The first-order chi connectivity index (χ1) is 13.7. The Bertz CT molecular complexity index is 875. The Morgan fingerprint density at radius 3 is 2.14 bits per heavy atom. The molecule has 0 radical (unpaired) electrons. The van der Waals surface area contributed by atoms with Crippen molar-refractivity contribution in [2.45, 2.75) is 46.1 Å². The fourth-order valence-corrected chi connectivity index (χ4v) is 2.99. The molecule has 154 valence electrons. The predicted molar refractivity (Wildman–Crippen MR) is 113 cm³/mol. The van der Waals surface area contributed by atoms with Gasteiger partial charge in [0.2, 0.25) is 5.91 Å². The molecule has 0 heterocycles. The Balaban J connectivity index is 2.11. The highest BCUT2D eigenvalue weighted by atomic mass is 16.4. The molecule has 0 aliphatic carbocycles. The Hall–Kier alpha value is -3.15. The summed E-state index contributed by atoms with van der Waals surface area (Å²) < 4.78 is 0. The summed E-state index contributed by atoms with van der Waals surface area (Å²) in [6, 6.07) is 13.3. The molecule has 2 rings (SSSR count). The number of hydrogen-bond acceptors (Lipinski definition) is 3. The summed E-state index contributed by atoms with van der Waals surface area (Å²) in [6.45, 7) is 7.44. The van der Waals surface area contributed by atoms with Gasteiger partial charge in [-0.2, -0.15) is 0 Å². The van der Waals surface area contributed by atoms with Crippen LogP contribution >= 0.6 is 0 Å². The Morgan fingerprint density at radius 1 is 0.966 bits per heavy atom. The first-order valence-electron chi connectivity index (χ1n) is 9.69. The highest BCUT2D eigenvalue weighted by Crippen LogP contribution is 2.19. The van der Waals surface area contributed by atoms with Gasteiger partial charge in [0, 0.05) is 11.3 Å². The molecular weight excluding hydrogens is 368 g/mol. The summed E-state index contributed by atoms with van der Waals surface area (Å²) in [7, 11) is 0. The summed E-state index contributed by atoms with van der Waals surface area (Å²) in [5.41, 5.74) is 2.59. The largest absolute Gasteiger partial charge is 0.481 e. The minimum Gasteiger partial charge on any atom is -0.481 e. The van der Waals surface area contributed by atoms with Gasteiger partial charge in [0.1, 0.15) is 6.04 Å². The van der Waals surface area contributed by atoms with Crippen molar-refractivity contribution in [3.05, 3.63) is 65.2 Å². The molecule has 0 aliphatic rings. The van der Waals surface area contributed by atoms with Crippen molar-refractivity contribution >= 4 is 23.5 Å². The van der Waals surface area contributed by atoms with E-state index in [0.717, 1.165) is 5.56 Å². The standard InChI is InChI=1S/C23H28N2O4/c1-14(2)13-20(25-21(26)19-8-6-5-7-15(19)3)22(27)24-18-11-9-17(10-12-18)16(4)23(28)29/h5-12,14,16,20H,13H2,1-4H3,(H,24,27)(H,25,26)(H,28,29). The number of benzene rings is 2. The first-order valence-corrected chi connectivity index (χ1v) is 9.69. The molecule has 29 heavy (non-hydrogen) atoms. The molecule has 0 saturated heterocycles. The second-order valence-electron chi connectivity index (χ2n) is 7.64. The van der Waals surface area contributed by atoms with Crippen LogP contribution < -0.4 is 10.6 Å². The van der Waals surface area contributed by atoms with E-state index in [-0.39, 0.29) is 17.7 Å². The number of rotatable bonds is 8. The van der Waals surface area contributed by atoms with E-state index in [1.165, 1.54) is 0 Å². The maximum absolute atomic E-state index is 12.8. The van der Waals surface area contributed by atoms with E-state index in [1.807, 2.05) is 32.9 Å². The lowest BCUT2D eigenvalue weighted by molar-refractivity contribution is -0.138. The van der Waals surface area contributed by atoms with Crippen LogP contribution in [0.5, 0.6) is 0 Å². The molecule has 0 aromatic heterocycles. The van der Waals surface area contributed by atoms with E-state index in [4.69, 9.17) is 5.11 Å². The van der Waals surface area contributed by atoms with Gasteiger partial charge in [-0.05, 0) is 55.5 Å². The molecule has 2 aromatic carbocycles. The van der Waals surface area contributed by atoms with Gasteiger partial charge in [-0.3, -0.25) is 14.4 Å². The Morgan fingerprint density at radius 2 is 1.59 bits per heavy atom. The van der Waals surface area contributed by atoms with Crippen LogP contribution in [0.25, 0.3) is 0 Å². The number of amides is 2. The molecule has 6 heteroatoms. The molecule has 0 fully saturated rings. The van der Waals surface area contributed by atoms with Gasteiger partial charge in [0.15, 0.2) is 0 Å². The van der Waals surface area contributed by atoms with Crippen LogP contribution in [0.4, 0.5) is 5.69 Å². The van der Waals surface area contributed by atoms with E-state index < -0.39 is 17.9 Å². The van der Waals surface area contributed by atoms with E-state index in [0.29, 0.717) is 23.2 Å². The molecule has 2 amide bonds. The van der Waals surface area contributed by atoms with Crippen molar-refractivity contribution in [3.63, 3.8) is 0 Å². The van der Waals surface area contributed by atoms with Gasteiger partial charge in [0.05, 0.1) is 5.92 Å². The van der Waals surface area contributed by atoms with Gasteiger partial charge in [-0.1, -0.05) is 44.2 Å². The molecular formula is C23H28N2O4. The summed E-state index contributed by atoms with van der Waals surface area (Å²) >= 11 is 0. The zero-order valence-electron chi connectivity index (χ0n) is 17.2. The van der Waals surface area contributed by atoms with Crippen LogP contribution in [0, 0.1) is 12.8 Å². The maximum Gasteiger partial charge on any atom is 0.310 e. The van der Waals surface area contributed by atoms with Crippen LogP contribution in [0.2, 0.25) is 0 Å². The minimum atomic E-state index is -0.905. The van der Waals surface area contributed by atoms with Crippen molar-refractivity contribution in [1.29, 1.82) is 0 Å². The van der Waals surface area contributed by atoms with E-state index in [1.54, 1.807) is 43.3 Å². The molecule has 0 bridgehead atoms. The number of aryl methyl sites for hydroxylation is 1. The van der Waals surface area contributed by atoms with Gasteiger partial charge in [0.25, 0.3) is 5.91 Å². The lowest BCUT2D eigenvalue weighted by Gasteiger charge is -2.21. The zero-order valence-corrected chi connectivity index (χ0v) is 17.2. The minimum absolute atomic E-state index is 0.210. The fourth-order valence-electron chi connectivity index (χ4n) is 2.99. The number of carboxylic acid groups (broad SMARTS) is 1. The van der Waals surface area contributed by atoms with E-state index in [2.05, 4.69) is 10.6 Å². The number of hydrogen-bond donors (Lipinski definition) is 3. The van der Waals surface area contributed by atoms with Crippen molar-refractivity contribution in [3.8, 4) is 0 Å². The monoisotopic (exact) mass is 396 g/mol. The number of anilines is 1. The van der Waals surface area contributed by atoms with Crippen molar-refractivity contribution < 1.29 is 19.5 Å². The number of carbonyl (C=O) groups excluding carboxylic acids is 2. The lowest BCUT2D eigenvalue weighted by Crippen LogP contribution is -2.44. The fraction of sp³-hybridized carbons (Fsp3) is 0.348. The average molecular weight is 396 g/mol. The van der Waals surface area contributed by atoms with Crippen LogP contribution in [0.3, 0.4) is 0 Å². The lowest BCUT2D eigenvalue weighted by atomic mass is 10.0. The van der Waals surface area contributed by atoms with Crippen molar-refractivity contribution in [1.82, 2.24) is 5.32 Å². The van der Waals surface area contributed by atoms with E-state index >= 15 is 0 Å². The maximum atomic E-state index is 12.8. The second-order valence-corrected chi connectivity index (χ2v) is 7.64. The number of aliphatic carboxylic acids is 1. The molecule has 2 unspecified atom stereocenters. The SMILES string of the molecule is Cc1ccccc1C(=O)NC(CC(C)C)C(=O)Nc1ccc(C(C)C(=O)O)cc1. The van der Waals surface area contributed by atoms with Crippen LogP contribution in [-0.4, -0.2) is 28.9 Å². The molecule has 2 atom stereocenters. The third-order valence-electron chi connectivity index (χ3n) is 4.77. The molecule has 2 aromatic rings. The van der Waals surface area contributed by atoms with E-state index in [9.17, 15) is 14.4 Å². The second kappa shape index (κ2) is 9.87. The zero-order chi connectivity index (χ0) is 21.6. The normalized spacial score (nSPS) is 12.9. The number of nitrogens with one attached hydrogen (secondary N) is 2. The van der Waals surface area contributed by atoms with Crippen LogP contribution in [0.1, 0.15) is 54.6 Å². The highest BCUT2D eigenvalue weighted by Gasteiger charge is 2.23. The van der Waals surface area contributed by atoms with Gasteiger partial charge in [-0.15, -0.1) is 0 Å². The first kappa shape index (κ1) is 22.1. The van der Waals surface area contributed by atoms with Gasteiger partial charge < -0.3 is 15.7 Å². The number of carbonyl (C=O) groups is 3. The topological polar surface area (TPSA) is 95.5 Å². The average Bonchev–Trinajstić information content (AvgIpc) is 2.67. The summed E-state index contributed by atoms with van der Waals surface area (Å²) in [5.74, 6) is -1.91. The third kappa shape index (κ3) is 6.17. The molecule has 0 aliphatic heterocycles. The quantitative estimate of drug-likeness (QED) is 0.629. The van der Waals surface area contributed by atoms with Crippen LogP contribution in [-0.2, 0) is 9.59 Å². The third-order valence-corrected chi connectivity index (χ3v) is 4.77. The summed E-state index contributed by atoms with van der Waals surface area (Å²) in [5, 5.41) is 14.7. The summed E-state index contributed by atoms with van der Waals surface area (Å²) in [4.78, 5) is 36.5. The highest BCUT2D eigenvalue weighted by molar-refractivity contribution is 6.01. The van der Waals surface area contributed by atoms with Gasteiger partial charge >= 0.3 is 5.97 Å². The van der Waals surface area contributed by atoms with Crippen LogP contribution in [0.15, 0.2) is 48.5 Å². The van der Waals surface area contributed by atoms with Crippen molar-refractivity contribution in [2.24, 2.45) is 5.92 Å².